The first-order valence-corrected chi connectivity index (χ1v) is 9.45. The van der Waals surface area contributed by atoms with E-state index in [0.717, 1.165) is 34.3 Å². The van der Waals surface area contributed by atoms with E-state index in [9.17, 15) is 4.79 Å². The molecule has 0 spiro atoms. The summed E-state index contributed by atoms with van der Waals surface area (Å²) in [4.78, 5) is 22.3. The number of fused-ring (bicyclic) bond motifs is 2. The van der Waals surface area contributed by atoms with Crippen molar-refractivity contribution in [3.05, 3.63) is 44.3 Å². The predicted octanol–water partition coefficient (Wildman–Crippen LogP) is 2.47. The number of H-pyrrole nitrogens is 1. The van der Waals surface area contributed by atoms with Crippen molar-refractivity contribution in [2.75, 3.05) is 18.1 Å². The van der Waals surface area contributed by atoms with Crippen LogP contribution in [0.2, 0.25) is 0 Å². The van der Waals surface area contributed by atoms with Gasteiger partial charge in [0.15, 0.2) is 5.65 Å². The van der Waals surface area contributed by atoms with Crippen molar-refractivity contribution in [3.63, 3.8) is 0 Å². The fraction of sp³-hybridized carbons (Fsp3) is 0.389. The van der Waals surface area contributed by atoms with Crippen molar-refractivity contribution in [2.24, 2.45) is 0 Å². The van der Waals surface area contributed by atoms with E-state index in [1.54, 1.807) is 10.9 Å². The Balaban J connectivity index is 1.62. The van der Waals surface area contributed by atoms with Crippen molar-refractivity contribution in [3.8, 4) is 5.69 Å². The normalized spacial score (nSPS) is 21.9. The van der Waals surface area contributed by atoms with E-state index in [2.05, 4.69) is 35.9 Å². The SMILES string of the molecule is Cc1cc(Br)cc(C)c1-n1cc2c(=O)[nH]c(N3CCOC4CC43)nc2n1. The van der Waals surface area contributed by atoms with Crippen LogP contribution in [0.1, 0.15) is 17.5 Å². The minimum atomic E-state index is -0.160. The third-order valence-electron chi connectivity index (χ3n) is 5.10. The van der Waals surface area contributed by atoms with E-state index in [1.807, 2.05) is 26.0 Å². The summed E-state index contributed by atoms with van der Waals surface area (Å²) in [6, 6.07) is 4.40. The van der Waals surface area contributed by atoms with Gasteiger partial charge in [-0.25, -0.2) is 4.68 Å². The molecule has 2 atom stereocenters. The molecule has 1 saturated heterocycles. The number of aromatic amines is 1. The molecule has 3 heterocycles. The molecule has 0 bridgehead atoms. The number of hydrogen-bond donors (Lipinski definition) is 1. The third kappa shape index (κ3) is 2.47. The molecule has 0 amide bonds. The molecule has 1 aliphatic carbocycles. The number of nitrogens with zero attached hydrogens (tertiary/aromatic N) is 4. The first-order valence-electron chi connectivity index (χ1n) is 8.66. The summed E-state index contributed by atoms with van der Waals surface area (Å²) in [6.45, 7) is 5.46. The zero-order chi connectivity index (χ0) is 18.0. The molecule has 1 aliphatic heterocycles. The molecule has 2 aromatic heterocycles. The molecule has 2 unspecified atom stereocenters. The summed E-state index contributed by atoms with van der Waals surface area (Å²) in [5.74, 6) is 0.591. The van der Waals surface area contributed by atoms with Crippen LogP contribution in [-0.4, -0.2) is 45.0 Å². The highest BCUT2D eigenvalue weighted by Crippen LogP contribution is 2.36. The lowest BCUT2D eigenvalue weighted by molar-refractivity contribution is 0.102. The number of anilines is 1. The van der Waals surface area contributed by atoms with Crippen LogP contribution in [0, 0.1) is 13.8 Å². The Morgan fingerprint density at radius 2 is 2.08 bits per heavy atom. The maximum Gasteiger partial charge on any atom is 0.263 e. The van der Waals surface area contributed by atoms with Crippen LogP contribution in [-0.2, 0) is 4.74 Å². The first-order chi connectivity index (χ1) is 12.5. The number of halogens is 1. The van der Waals surface area contributed by atoms with Gasteiger partial charge in [-0.3, -0.25) is 9.78 Å². The Labute approximate surface area is 158 Å². The van der Waals surface area contributed by atoms with Gasteiger partial charge in [-0.1, -0.05) is 15.9 Å². The number of aromatic nitrogens is 4. The summed E-state index contributed by atoms with van der Waals surface area (Å²) in [5.41, 5.74) is 3.44. The van der Waals surface area contributed by atoms with Gasteiger partial charge < -0.3 is 9.64 Å². The molecule has 1 N–H and O–H groups in total. The molecule has 5 rings (SSSR count). The summed E-state index contributed by atoms with van der Waals surface area (Å²) >= 11 is 3.52. The highest BCUT2D eigenvalue weighted by molar-refractivity contribution is 9.10. The average molecular weight is 416 g/mol. The van der Waals surface area contributed by atoms with Crippen molar-refractivity contribution in [1.82, 2.24) is 19.7 Å². The van der Waals surface area contributed by atoms with Crippen LogP contribution in [0.4, 0.5) is 5.95 Å². The molecule has 1 saturated carbocycles. The zero-order valence-electron chi connectivity index (χ0n) is 14.5. The minimum absolute atomic E-state index is 0.160. The number of hydrogen-bond acceptors (Lipinski definition) is 5. The number of ether oxygens (including phenoxy) is 1. The molecule has 2 aliphatic rings. The maximum atomic E-state index is 12.6. The smallest absolute Gasteiger partial charge is 0.263 e. The quantitative estimate of drug-likeness (QED) is 0.695. The standard InChI is InChI=1S/C18H18BrN5O2/c1-9-5-11(19)6-10(2)15(9)24-8-12-16(22-24)20-18(21-17(12)25)23-3-4-26-14-7-13(14)23/h5-6,8,13-14H,3-4,7H2,1-2H3,(H,20,21,22,25). The maximum absolute atomic E-state index is 12.6. The van der Waals surface area contributed by atoms with Gasteiger partial charge in [0, 0.05) is 17.2 Å². The van der Waals surface area contributed by atoms with Crippen LogP contribution in [0.5, 0.6) is 0 Å². The molecular formula is C18H18BrN5O2. The minimum Gasteiger partial charge on any atom is -0.374 e. The van der Waals surface area contributed by atoms with Crippen LogP contribution in [0.15, 0.2) is 27.6 Å². The van der Waals surface area contributed by atoms with E-state index in [1.165, 1.54) is 0 Å². The van der Waals surface area contributed by atoms with Gasteiger partial charge in [0.1, 0.15) is 5.39 Å². The molecule has 0 radical (unpaired) electrons. The largest absolute Gasteiger partial charge is 0.374 e. The Bertz CT molecular complexity index is 1070. The monoisotopic (exact) mass is 415 g/mol. The second-order valence-corrected chi connectivity index (χ2v) is 7.91. The lowest BCUT2D eigenvalue weighted by Gasteiger charge is -2.26. The van der Waals surface area contributed by atoms with E-state index in [-0.39, 0.29) is 11.7 Å². The predicted molar refractivity (Wildman–Crippen MR) is 102 cm³/mol. The lowest BCUT2D eigenvalue weighted by Crippen LogP contribution is -2.38. The van der Waals surface area contributed by atoms with Gasteiger partial charge in [-0.15, -0.1) is 5.10 Å². The fourth-order valence-corrected chi connectivity index (χ4v) is 4.50. The van der Waals surface area contributed by atoms with Gasteiger partial charge in [0.05, 0.1) is 24.4 Å². The number of nitrogens with one attached hydrogen (secondary N) is 1. The van der Waals surface area contributed by atoms with Crippen LogP contribution in [0.3, 0.4) is 0 Å². The first kappa shape index (κ1) is 16.0. The van der Waals surface area contributed by atoms with E-state index in [0.29, 0.717) is 29.6 Å². The topological polar surface area (TPSA) is 76.0 Å². The van der Waals surface area contributed by atoms with Gasteiger partial charge in [0.2, 0.25) is 5.95 Å². The average Bonchev–Trinajstić information content (AvgIpc) is 3.25. The molecule has 1 aromatic carbocycles. The summed E-state index contributed by atoms with van der Waals surface area (Å²) in [5, 5.41) is 5.10. The second kappa shape index (κ2) is 5.65. The van der Waals surface area contributed by atoms with Crippen molar-refractivity contribution >= 4 is 32.9 Å². The summed E-state index contributed by atoms with van der Waals surface area (Å²) < 4.78 is 8.42. The van der Waals surface area contributed by atoms with Gasteiger partial charge in [-0.2, -0.15) is 4.98 Å². The van der Waals surface area contributed by atoms with E-state index in [4.69, 9.17) is 4.74 Å². The highest BCUT2D eigenvalue weighted by atomic mass is 79.9. The van der Waals surface area contributed by atoms with Crippen molar-refractivity contribution < 1.29 is 4.74 Å². The highest BCUT2D eigenvalue weighted by Gasteiger charge is 2.46. The molecule has 7 nitrogen and oxygen atoms in total. The number of rotatable bonds is 2. The van der Waals surface area contributed by atoms with E-state index >= 15 is 0 Å². The Morgan fingerprint density at radius 3 is 2.85 bits per heavy atom. The van der Waals surface area contributed by atoms with Crippen LogP contribution in [0.25, 0.3) is 16.7 Å². The summed E-state index contributed by atoms with van der Waals surface area (Å²) in [7, 11) is 0. The Kier molecular flexibility index (Phi) is 3.48. The Hall–Kier alpha value is -2.19. The number of morpholine rings is 1. The molecule has 26 heavy (non-hydrogen) atoms. The van der Waals surface area contributed by atoms with Gasteiger partial charge in [0.25, 0.3) is 5.56 Å². The van der Waals surface area contributed by atoms with Gasteiger partial charge >= 0.3 is 0 Å². The van der Waals surface area contributed by atoms with Crippen molar-refractivity contribution in [2.45, 2.75) is 32.4 Å². The molecule has 8 heteroatoms. The lowest BCUT2D eigenvalue weighted by atomic mass is 10.1. The number of aryl methyl sites for hydroxylation is 2. The molecular weight excluding hydrogens is 398 g/mol. The van der Waals surface area contributed by atoms with Crippen LogP contribution < -0.4 is 10.5 Å². The zero-order valence-corrected chi connectivity index (χ0v) is 16.1. The Morgan fingerprint density at radius 1 is 1.31 bits per heavy atom. The van der Waals surface area contributed by atoms with Crippen LogP contribution >= 0.6 is 15.9 Å². The number of benzene rings is 1. The molecule has 134 valence electrons. The fourth-order valence-electron chi connectivity index (χ4n) is 3.82. The van der Waals surface area contributed by atoms with E-state index < -0.39 is 0 Å². The second-order valence-electron chi connectivity index (χ2n) is 6.99. The molecule has 3 aromatic rings. The third-order valence-corrected chi connectivity index (χ3v) is 5.56. The molecule has 2 fully saturated rings. The van der Waals surface area contributed by atoms with Gasteiger partial charge in [-0.05, 0) is 43.5 Å². The summed E-state index contributed by atoms with van der Waals surface area (Å²) in [6.07, 6.45) is 3.02. The van der Waals surface area contributed by atoms with Crippen molar-refractivity contribution in [1.29, 1.82) is 0 Å².